The van der Waals surface area contributed by atoms with Crippen LogP contribution in [-0.2, 0) is 0 Å². The summed E-state index contributed by atoms with van der Waals surface area (Å²) in [7, 11) is 0. The topological polar surface area (TPSA) is 61.7 Å². The molecule has 0 aromatic heterocycles. The molecule has 4 nitrogen and oxygen atoms in total. The van der Waals surface area contributed by atoms with Gasteiger partial charge in [0.1, 0.15) is 5.75 Å². The maximum absolute atomic E-state index is 12.1. The summed E-state index contributed by atoms with van der Waals surface area (Å²) >= 11 is 3.14. The fourth-order valence-electron chi connectivity index (χ4n) is 1.13. The number of halogens is 3. The number of hydrogen-bond acceptors (Lipinski definition) is 4. The van der Waals surface area contributed by atoms with Crippen LogP contribution in [0.2, 0.25) is 0 Å². The average Bonchev–Trinajstić information content (AvgIpc) is 2.26. The molecule has 0 spiro atoms. The average molecular weight is 312 g/mol. The molecule has 1 rings (SSSR count). The number of benzene rings is 1. The van der Waals surface area contributed by atoms with Crippen molar-refractivity contribution in [3.63, 3.8) is 0 Å². The number of hydrogen-bond donors (Lipinski definition) is 3. The molecule has 0 aliphatic rings. The Balaban J connectivity index is 2.75. The van der Waals surface area contributed by atoms with Crippen LogP contribution in [0.4, 0.5) is 14.5 Å². The summed E-state index contributed by atoms with van der Waals surface area (Å²) in [6.45, 7) is -3.29. The van der Waals surface area contributed by atoms with Gasteiger partial charge in [0.25, 0.3) is 0 Å². The lowest BCUT2D eigenvalue weighted by molar-refractivity contribution is -0.0494. The molecule has 0 fully saturated rings. The molecule has 0 saturated carbocycles. The smallest absolute Gasteiger partial charge is 0.387 e. The van der Waals surface area contributed by atoms with E-state index in [9.17, 15) is 8.78 Å². The van der Waals surface area contributed by atoms with Gasteiger partial charge in [0, 0.05) is 11.0 Å². The van der Waals surface area contributed by atoms with Crippen molar-refractivity contribution in [2.24, 2.45) is 0 Å². The zero-order chi connectivity index (χ0) is 12.8. The minimum Gasteiger partial charge on any atom is -0.433 e. The third-order valence-electron chi connectivity index (χ3n) is 1.90. The van der Waals surface area contributed by atoms with Crippen molar-refractivity contribution in [3.8, 4) is 5.75 Å². The van der Waals surface area contributed by atoms with Crippen LogP contribution in [0.25, 0.3) is 0 Å². The summed E-state index contributed by atoms with van der Waals surface area (Å²) in [5.41, 5.74) is 0.320. The number of aliphatic hydroxyl groups excluding tert-OH is 2. The summed E-state index contributed by atoms with van der Waals surface area (Å²) in [5, 5.41) is 20.5. The van der Waals surface area contributed by atoms with Crippen molar-refractivity contribution in [2.75, 3.05) is 18.5 Å². The van der Waals surface area contributed by atoms with Crippen LogP contribution in [0, 0.1) is 0 Å². The maximum Gasteiger partial charge on any atom is 0.387 e. The molecular formula is C10H12BrF2NO3. The molecule has 1 aromatic carbocycles. The highest BCUT2D eigenvalue weighted by atomic mass is 79.9. The first-order chi connectivity index (χ1) is 8.02. The van der Waals surface area contributed by atoms with Crippen LogP contribution in [0.3, 0.4) is 0 Å². The summed E-state index contributed by atoms with van der Waals surface area (Å²) in [6, 6.07) is 4.57. The van der Waals surface area contributed by atoms with E-state index in [0.717, 1.165) is 0 Å². The van der Waals surface area contributed by atoms with E-state index in [2.05, 4.69) is 26.0 Å². The van der Waals surface area contributed by atoms with E-state index in [1.165, 1.54) is 12.1 Å². The quantitative estimate of drug-likeness (QED) is 0.750. The van der Waals surface area contributed by atoms with Crippen molar-refractivity contribution in [2.45, 2.75) is 12.7 Å². The molecule has 96 valence electrons. The van der Waals surface area contributed by atoms with E-state index in [0.29, 0.717) is 10.2 Å². The van der Waals surface area contributed by atoms with Crippen LogP contribution >= 0.6 is 15.9 Å². The van der Waals surface area contributed by atoms with Gasteiger partial charge >= 0.3 is 6.61 Å². The van der Waals surface area contributed by atoms with E-state index in [1.54, 1.807) is 6.07 Å². The molecule has 0 amide bonds. The summed E-state index contributed by atoms with van der Waals surface area (Å²) in [6.07, 6.45) is -0.960. The second kappa shape index (κ2) is 6.73. The molecule has 1 atom stereocenters. The maximum atomic E-state index is 12.1. The molecule has 17 heavy (non-hydrogen) atoms. The molecule has 3 N–H and O–H groups in total. The van der Waals surface area contributed by atoms with Crippen molar-refractivity contribution >= 4 is 21.6 Å². The minimum absolute atomic E-state index is 0.0282. The van der Waals surface area contributed by atoms with E-state index >= 15 is 0 Å². The van der Waals surface area contributed by atoms with Crippen LogP contribution < -0.4 is 10.1 Å². The molecule has 0 aliphatic carbocycles. The Hall–Kier alpha value is -0.920. The normalized spacial score (nSPS) is 12.6. The first kappa shape index (κ1) is 14.1. The predicted molar refractivity (Wildman–Crippen MR) is 62.4 cm³/mol. The molecule has 0 heterocycles. The zero-order valence-corrected chi connectivity index (χ0v) is 10.3. The molecule has 0 bridgehead atoms. The Bertz CT molecular complexity index is 365. The van der Waals surface area contributed by atoms with Gasteiger partial charge in [0.2, 0.25) is 0 Å². The van der Waals surface area contributed by atoms with Crippen molar-refractivity contribution < 1.29 is 23.7 Å². The number of rotatable bonds is 6. The summed E-state index contributed by atoms with van der Waals surface area (Å²) < 4.78 is 29.2. The fraction of sp³-hybridized carbons (Fsp3) is 0.400. The molecule has 0 aliphatic heterocycles. The van der Waals surface area contributed by atoms with Gasteiger partial charge < -0.3 is 20.3 Å². The van der Waals surface area contributed by atoms with Crippen LogP contribution in [-0.4, -0.2) is 36.1 Å². The highest BCUT2D eigenvalue weighted by Crippen LogP contribution is 2.29. The van der Waals surface area contributed by atoms with Crippen molar-refractivity contribution in [3.05, 3.63) is 22.7 Å². The highest BCUT2D eigenvalue weighted by Gasteiger charge is 2.11. The lowest BCUT2D eigenvalue weighted by Gasteiger charge is -2.14. The molecular weight excluding hydrogens is 300 g/mol. The van der Waals surface area contributed by atoms with Crippen LogP contribution in [0.5, 0.6) is 5.75 Å². The number of anilines is 1. The Morgan fingerprint density at radius 1 is 1.41 bits per heavy atom. The van der Waals surface area contributed by atoms with Gasteiger partial charge in [0.05, 0.1) is 18.4 Å². The van der Waals surface area contributed by atoms with E-state index in [-0.39, 0.29) is 12.3 Å². The summed E-state index contributed by atoms with van der Waals surface area (Å²) in [4.78, 5) is 0. The standard InChI is InChI=1S/C10H12BrF2NO3/c11-6-1-2-8(14-4-7(16)5-15)9(3-6)17-10(12)13/h1-3,7,10,14-16H,4-5H2. The van der Waals surface area contributed by atoms with E-state index in [1.807, 2.05) is 0 Å². The second-order valence-electron chi connectivity index (χ2n) is 3.24. The predicted octanol–water partition coefficient (Wildman–Crippen LogP) is 1.82. The highest BCUT2D eigenvalue weighted by molar-refractivity contribution is 9.10. The Morgan fingerprint density at radius 2 is 2.12 bits per heavy atom. The Kier molecular flexibility index (Phi) is 5.60. The molecule has 0 radical (unpaired) electrons. The van der Waals surface area contributed by atoms with Gasteiger partial charge in [-0.2, -0.15) is 8.78 Å². The largest absolute Gasteiger partial charge is 0.433 e. The first-order valence-electron chi connectivity index (χ1n) is 4.80. The van der Waals surface area contributed by atoms with Crippen LogP contribution in [0.15, 0.2) is 22.7 Å². The Morgan fingerprint density at radius 3 is 2.71 bits per heavy atom. The molecule has 0 saturated heterocycles. The number of aliphatic hydroxyl groups is 2. The van der Waals surface area contributed by atoms with Gasteiger partial charge in [-0.05, 0) is 18.2 Å². The SMILES string of the molecule is OCC(O)CNc1ccc(Br)cc1OC(F)F. The van der Waals surface area contributed by atoms with Gasteiger partial charge in [0.15, 0.2) is 0 Å². The molecule has 7 heteroatoms. The van der Waals surface area contributed by atoms with Gasteiger partial charge in [-0.25, -0.2) is 0 Å². The molecule has 1 unspecified atom stereocenters. The minimum atomic E-state index is -2.92. The van der Waals surface area contributed by atoms with E-state index in [4.69, 9.17) is 10.2 Å². The lowest BCUT2D eigenvalue weighted by Crippen LogP contribution is -2.23. The van der Waals surface area contributed by atoms with Gasteiger partial charge in [-0.15, -0.1) is 0 Å². The lowest BCUT2D eigenvalue weighted by atomic mass is 10.2. The number of nitrogens with one attached hydrogen (secondary N) is 1. The third-order valence-corrected chi connectivity index (χ3v) is 2.39. The number of ether oxygens (including phenoxy) is 1. The van der Waals surface area contributed by atoms with Crippen molar-refractivity contribution in [1.82, 2.24) is 0 Å². The first-order valence-corrected chi connectivity index (χ1v) is 5.59. The fourth-order valence-corrected chi connectivity index (χ4v) is 1.47. The third kappa shape index (κ3) is 4.84. The van der Waals surface area contributed by atoms with Crippen LogP contribution in [0.1, 0.15) is 0 Å². The summed E-state index contributed by atoms with van der Waals surface area (Å²) in [5.74, 6) is -0.0282. The van der Waals surface area contributed by atoms with Gasteiger partial charge in [-0.1, -0.05) is 15.9 Å². The zero-order valence-electron chi connectivity index (χ0n) is 8.74. The molecule has 1 aromatic rings. The van der Waals surface area contributed by atoms with Crippen molar-refractivity contribution in [1.29, 1.82) is 0 Å². The second-order valence-corrected chi connectivity index (χ2v) is 4.15. The number of alkyl halides is 2. The Labute approximate surface area is 105 Å². The van der Waals surface area contributed by atoms with Gasteiger partial charge in [-0.3, -0.25) is 0 Å². The monoisotopic (exact) mass is 311 g/mol. The van der Waals surface area contributed by atoms with E-state index < -0.39 is 19.3 Å².